The van der Waals surface area contributed by atoms with E-state index in [1.807, 2.05) is 0 Å². The SMILES string of the molecule is C[C@H]1O[C@H](C(=O)Nc2ccc(NC(=O)CN)cc2)CN1c1ccc(C#N)c(C(F)(F)F)c1.Cl. The molecule has 1 fully saturated rings. The summed E-state index contributed by atoms with van der Waals surface area (Å²) in [6.07, 6.45) is -6.27. The van der Waals surface area contributed by atoms with Gasteiger partial charge >= 0.3 is 6.18 Å². The maximum atomic E-state index is 13.3. The molecule has 0 aliphatic carbocycles. The van der Waals surface area contributed by atoms with Gasteiger partial charge in [-0.1, -0.05) is 0 Å². The number of hydrogen-bond acceptors (Lipinski definition) is 6. The summed E-state index contributed by atoms with van der Waals surface area (Å²) in [4.78, 5) is 25.4. The van der Waals surface area contributed by atoms with E-state index >= 15 is 0 Å². The lowest BCUT2D eigenvalue weighted by molar-refractivity contribution is -0.137. The van der Waals surface area contributed by atoms with Crippen LogP contribution in [0.5, 0.6) is 0 Å². The van der Waals surface area contributed by atoms with Crippen molar-refractivity contribution in [3.63, 3.8) is 0 Å². The van der Waals surface area contributed by atoms with E-state index in [4.69, 9.17) is 15.7 Å². The van der Waals surface area contributed by atoms with E-state index in [0.29, 0.717) is 11.4 Å². The van der Waals surface area contributed by atoms with Gasteiger partial charge in [-0.2, -0.15) is 18.4 Å². The number of nitrogens with one attached hydrogen (secondary N) is 2. The zero-order valence-electron chi connectivity index (χ0n) is 17.3. The van der Waals surface area contributed by atoms with Gasteiger partial charge in [0, 0.05) is 17.1 Å². The third kappa shape index (κ3) is 6.13. The molecule has 8 nitrogen and oxygen atoms in total. The minimum Gasteiger partial charge on any atom is -0.344 e. The van der Waals surface area contributed by atoms with Crippen molar-refractivity contribution in [2.45, 2.75) is 25.4 Å². The molecule has 1 heterocycles. The largest absolute Gasteiger partial charge is 0.417 e. The molecular weight excluding hydrogens is 463 g/mol. The molecule has 0 bridgehead atoms. The molecule has 3 rings (SSSR count). The third-order valence-corrected chi connectivity index (χ3v) is 4.84. The van der Waals surface area contributed by atoms with Crippen LogP contribution in [0.25, 0.3) is 0 Å². The minimum absolute atomic E-state index is 0. The number of anilines is 3. The Morgan fingerprint density at radius 2 is 1.79 bits per heavy atom. The lowest BCUT2D eigenvalue weighted by Gasteiger charge is -2.23. The minimum atomic E-state index is -4.68. The molecule has 0 unspecified atom stereocenters. The number of alkyl halides is 3. The number of nitrogens with zero attached hydrogens (tertiary/aromatic N) is 2. The molecule has 12 heteroatoms. The van der Waals surface area contributed by atoms with Gasteiger partial charge in [0.25, 0.3) is 5.91 Å². The van der Waals surface area contributed by atoms with Gasteiger partial charge in [-0.25, -0.2) is 0 Å². The highest BCUT2D eigenvalue weighted by atomic mass is 35.5. The standard InChI is InChI=1S/C21H20F3N5O3.ClH/c1-12-29(16-7-2-13(9-25)17(8-16)21(22,23)24)11-18(32-12)20(31)28-15-5-3-14(4-6-15)27-19(30)10-26;/h2-8,12,18H,10-11,26H2,1H3,(H,27,30)(H,28,31);1H/t12-,18+;/m1./s1. The highest BCUT2D eigenvalue weighted by Gasteiger charge is 2.38. The van der Waals surface area contributed by atoms with Crippen LogP contribution in [0.3, 0.4) is 0 Å². The quantitative estimate of drug-likeness (QED) is 0.601. The Morgan fingerprint density at radius 1 is 1.18 bits per heavy atom. The summed E-state index contributed by atoms with van der Waals surface area (Å²) in [7, 11) is 0. The van der Waals surface area contributed by atoms with Crippen LogP contribution >= 0.6 is 12.4 Å². The number of nitrogens with two attached hydrogens (primary N) is 1. The molecule has 2 aromatic rings. The van der Waals surface area contributed by atoms with Crippen molar-refractivity contribution in [3.05, 3.63) is 53.6 Å². The number of ether oxygens (including phenoxy) is 1. The Balaban J connectivity index is 0.00000385. The van der Waals surface area contributed by atoms with Crippen LogP contribution in [0, 0.1) is 11.3 Å². The van der Waals surface area contributed by atoms with Gasteiger partial charge in [0.1, 0.15) is 6.23 Å². The van der Waals surface area contributed by atoms with Gasteiger partial charge < -0.3 is 26.0 Å². The zero-order valence-corrected chi connectivity index (χ0v) is 18.2. The lowest BCUT2D eigenvalue weighted by Crippen LogP contribution is -2.32. The Labute approximate surface area is 193 Å². The summed E-state index contributed by atoms with van der Waals surface area (Å²) in [5.74, 6) is -0.825. The highest BCUT2D eigenvalue weighted by Crippen LogP contribution is 2.36. The molecule has 1 saturated heterocycles. The molecule has 0 aromatic heterocycles. The summed E-state index contributed by atoms with van der Waals surface area (Å²) in [6, 6.07) is 11.2. The third-order valence-electron chi connectivity index (χ3n) is 4.84. The van der Waals surface area contributed by atoms with E-state index in [1.165, 1.54) is 17.0 Å². The van der Waals surface area contributed by atoms with Crippen LogP contribution in [-0.4, -0.2) is 37.2 Å². The van der Waals surface area contributed by atoms with Gasteiger partial charge in [-0.05, 0) is 49.4 Å². The second kappa shape index (κ2) is 10.5. The summed E-state index contributed by atoms with van der Waals surface area (Å²) in [5.41, 5.74) is 4.87. The predicted molar refractivity (Wildman–Crippen MR) is 118 cm³/mol. The molecule has 2 atom stereocenters. The molecule has 0 spiro atoms. The predicted octanol–water partition coefficient (Wildman–Crippen LogP) is 3.09. The van der Waals surface area contributed by atoms with Gasteiger partial charge in [-0.15, -0.1) is 12.4 Å². The average molecular weight is 484 g/mol. The van der Waals surface area contributed by atoms with Crippen molar-refractivity contribution in [3.8, 4) is 6.07 Å². The maximum Gasteiger partial charge on any atom is 0.417 e. The molecular formula is C21H21ClF3N5O3. The van der Waals surface area contributed by atoms with Gasteiger partial charge in [0.05, 0.1) is 30.3 Å². The number of nitriles is 1. The number of amides is 2. The maximum absolute atomic E-state index is 13.3. The summed E-state index contributed by atoms with van der Waals surface area (Å²) in [6.45, 7) is 1.49. The fraction of sp³-hybridized carbons (Fsp3) is 0.286. The first-order valence-corrected chi connectivity index (χ1v) is 9.56. The molecule has 4 N–H and O–H groups in total. The molecule has 33 heavy (non-hydrogen) atoms. The van der Waals surface area contributed by atoms with Crippen molar-refractivity contribution >= 4 is 41.3 Å². The van der Waals surface area contributed by atoms with E-state index in [0.717, 1.165) is 12.1 Å². The number of carbonyl (C=O) groups is 2. The summed E-state index contributed by atoms with van der Waals surface area (Å²) in [5, 5.41) is 14.2. The molecule has 0 saturated carbocycles. The van der Waals surface area contributed by atoms with E-state index in [1.54, 1.807) is 31.2 Å². The normalized spacial score (nSPS) is 17.6. The number of benzene rings is 2. The molecule has 1 aliphatic heterocycles. The van der Waals surface area contributed by atoms with Gasteiger partial charge in [0.2, 0.25) is 5.91 Å². The second-order valence-electron chi connectivity index (χ2n) is 7.03. The Hall–Kier alpha value is -3.33. The first kappa shape index (κ1) is 25.9. The smallest absolute Gasteiger partial charge is 0.344 e. The number of carbonyl (C=O) groups excluding carboxylic acids is 2. The summed E-state index contributed by atoms with van der Waals surface area (Å²) >= 11 is 0. The number of halogens is 4. The summed E-state index contributed by atoms with van der Waals surface area (Å²) < 4.78 is 45.4. The van der Waals surface area contributed by atoms with Crippen molar-refractivity contribution in [1.82, 2.24) is 0 Å². The fourth-order valence-corrected chi connectivity index (χ4v) is 3.26. The first-order chi connectivity index (χ1) is 15.1. The number of rotatable bonds is 5. The average Bonchev–Trinajstić information content (AvgIpc) is 3.15. The Bertz CT molecular complexity index is 1060. The second-order valence-corrected chi connectivity index (χ2v) is 7.03. The Kier molecular flexibility index (Phi) is 8.27. The molecule has 176 valence electrons. The van der Waals surface area contributed by atoms with Crippen LogP contribution in [0.4, 0.5) is 30.2 Å². The molecule has 2 amide bonds. The van der Waals surface area contributed by atoms with E-state index in [-0.39, 0.29) is 37.1 Å². The lowest BCUT2D eigenvalue weighted by atomic mass is 10.1. The van der Waals surface area contributed by atoms with Crippen molar-refractivity contribution in [1.29, 1.82) is 5.26 Å². The monoisotopic (exact) mass is 483 g/mol. The molecule has 0 radical (unpaired) electrons. The van der Waals surface area contributed by atoms with E-state index in [2.05, 4.69) is 10.6 Å². The molecule has 2 aromatic carbocycles. The topological polar surface area (TPSA) is 120 Å². The van der Waals surface area contributed by atoms with Gasteiger partial charge in [0.15, 0.2) is 6.10 Å². The van der Waals surface area contributed by atoms with Crippen molar-refractivity contribution in [2.75, 3.05) is 28.6 Å². The van der Waals surface area contributed by atoms with Crippen LogP contribution in [0.1, 0.15) is 18.1 Å². The van der Waals surface area contributed by atoms with Crippen LogP contribution < -0.4 is 21.3 Å². The fourth-order valence-electron chi connectivity index (χ4n) is 3.26. The van der Waals surface area contributed by atoms with Crippen LogP contribution in [-0.2, 0) is 20.5 Å². The van der Waals surface area contributed by atoms with Crippen LogP contribution in [0.2, 0.25) is 0 Å². The van der Waals surface area contributed by atoms with E-state index in [9.17, 15) is 22.8 Å². The zero-order chi connectivity index (χ0) is 23.5. The highest BCUT2D eigenvalue weighted by molar-refractivity contribution is 5.96. The molecule has 1 aliphatic rings. The first-order valence-electron chi connectivity index (χ1n) is 9.56. The number of hydrogen-bond donors (Lipinski definition) is 3. The van der Waals surface area contributed by atoms with Crippen LogP contribution in [0.15, 0.2) is 42.5 Å². The van der Waals surface area contributed by atoms with E-state index < -0.39 is 35.5 Å². The van der Waals surface area contributed by atoms with Gasteiger partial charge in [-0.3, -0.25) is 9.59 Å². The van der Waals surface area contributed by atoms with Crippen molar-refractivity contribution in [2.24, 2.45) is 5.73 Å². The van der Waals surface area contributed by atoms with Crippen molar-refractivity contribution < 1.29 is 27.5 Å². The Morgan fingerprint density at radius 3 is 2.33 bits per heavy atom.